The van der Waals surface area contributed by atoms with Crippen LogP contribution in [0.25, 0.3) is 34.2 Å². The third-order valence-electron chi connectivity index (χ3n) is 5.44. The molecule has 0 bridgehead atoms. The van der Waals surface area contributed by atoms with Gasteiger partial charge in [-0.25, -0.2) is 13.1 Å². The summed E-state index contributed by atoms with van der Waals surface area (Å²) in [5.41, 5.74) is 3.30. The molecule has 166 valence electrons. The summed E-state index contributed by atoms with van der Waals surface area (Å²) in [4.78, 5) is -0.312. The van der Waals surface area contributed by atoms with Crippen molar-refractivity contribution in [3.8, 4) is 23.2 Å². The maximum Gasteiger partial charge on any atom is 0.216 e. The van der Waals surface area contributed by atoms with E-state index >= 15 is 0 Å². The Morgan fingerprint density at radius 1 is 1.00 bits per heavy atom. The summed E-state index contributed by atoms with van der Waals surface area (Å²) >= 11 is 0. The largest absolute Gasteiger partial charge is 0.454 e. The lowest BCUT2D eigenvalue weighted by Crippen LogP contribution is -2.03. The van der Waals surface area contributed by atoms with E-state index in [0.29, 0.717) is 22.6 Å². The fourth-order valence-corrected chi connectivity index (χ4v) is 4.80. The molecular formula is C27H19N3O3S. The molecule has 5 rings (SSSR count). The van der Waals surface area contributed by atoms with Gasteiger partial charge in [0.2, 0.25) is 9.84 Å². The van der Waals surface area contributed by atoms with Crippen molar-refractivity contribution in [3.63, 3.8) is 0 Å². The highest BCUT2D eigenvalue weighted by Gasteiger charge is 2.23. The average Bonchev–Trinajstić information content (AvgIpc) is 3.47. The van der Waals surface area contributed by atoms with E-state index in [0.717, 1.165) is 16.6 Å². The van der Waals surface area contributed by atoms with Crippen LogP contribution in [-0.4, -0.2) is 18.2 Å². The molecule has 0 radical (unpaired) electrons. The number of sulfone groups is 1. The molecule has 2 heterocycles. The highest BCUT2D eigenvalue weighted by Crippen LogP contribution is 2.32. The smallest absolute Gasteiger partial charge is 0.216 e. The Morgan fingerprint density at radius 3 is 2.41 bits per heavy atom. The first-order valence-electron chi connectivity index (χ1n) is 10.5. The third kappa shape index (κ3) is 3.91. The van der Waals surface area contributed by atoms with E-state index in [2.05, 4.69) is 5.10 Å². The number of nitrogens with zero attached hydrogens (tertiary/aromatic N) is 3. The van der Waals surface area contributed by atoms with Crippen LogP contribution in [-0.2, 0) is 9.84 Å². The predicted octanol–water partition coefficient (Wildman–Crippen LogP) is 5.93. The number of furan rings is 1. The Kier molecular flexibility index (Phi) is 5.36. The number of aryl methyl sites for hydroxylation is 1. The fraction of sp³-hybridized carbons (Fsp3) is 0.0370. The average molecular weight is 466 g/mol. The van der Waals surface area contributed by atoms with Gasteiger partial charge in [-0.3, -0.25) is 0 Å². The van der Waals surface area contributed by atoms with E-state index in [4.69, 9.17) is 4.42 Å². The molecule has 34 heavy (non-hydrogen) atoms. The monoisotopic (exact) mass is 465 g/mol. The SMILES string of the molecule is Cc1ccc(S(=O)(=O)/C(C#N)=C/c2cn(-c3ccccc3)nc2-c2cc3ccccc3o2)cc1. The molecule has 0 atom stereocenters. The molecule has 6 nitrogen and oxygen atoms in total. The van der Waals surface area contributed by atoms with Gasteiger partial charge in [0.05, 0.1) is 10.6 Å². The van der Waals surface area contributed by atoms with Gasteiger partial charge >= 0.3 is 0 Å². The summed E-state index contributed by atoms with van der Waals surface area (Å²) in [6.45, 7) is 1.87. The van der Waals surface area contributed by atoms with Crippen LogP contribution in [0.5, 0.6) is 0 Å². The molecule has 2 aromatic heterocycles. The molecule has 0 aliphatic carbocycles. The van der Waals surface area contributed by atoms with Crippen molar-refractivity contribution in [2.24, 2.45) is 0 Å². The van der Waals surface area contributed by atoms with Gasteiger partial charge in [-0.15, -0.1) is 0 Å². The first-order valence-corrected chi connectivity index (χ1v) is 12.0. The number of nitriles is 1. The minimum absolute atomic E-state index is 0.0617. The van der Waals surface area contributed by atoms with E-state index < -0.39 is 9.84 Å². The molecule has 5 aromatic rings. The molecule has 0 aliphatic rings. The number of fused-ring (bicyclic) bond motifs is 1. The van der Waals surface area contributed by atoms with E-state index in [9.17, 15) is 13.7 Å². The van der Waals surface area contributed by atoms with Gasteiger partial charge in [-0.05, 0) is 49.4 Å². The number of aromatic nitrogens is 2. The molecule has 3 aromatic carbocycles. The van der Waals surface area contributed by atoms with Crippen molar-refractivity contribution in [1.29, 1.82) is 5.26 Å². The van der Waals surface area contributed by atoms with Gasteiger partial charge in [0.15, 0.2) is 5.76 Å². The lowest BCUT2D eigenvalue weighted by molar-refractivity contribution is 0.603. The quantitative estimate of drug-likeness (QED) is 0.300. The Bertz CT molecular complexity index is 1640. The van der Waals surface area contributed by atoms with Gasteiger partial charge in [0.25, 0.3) is 0 Å². The highest BCUT2D eigenvalue weighted by molar-refractivity contribution is 7.95. The molecule has 0 aliphatic heterocycles. The lowest BCUT2D eigenvalue weighted by atomic mass is 10.2. The maximum absolute atomic E-state index is 13.2. The Hall–Kier alpha value is -4.41. The predicted molar refractivity (Wildman–Crippen MR) is 131 cm³/mol. The van der Waals surface area contributed by atoms with Gasteiger partial charge in [-0.2, -0.15) is 10.4 Å². The molecule has 0 fully saturated rings. The van der Waals surface area contributed by atoms with Gasteiger partial charge in [-0.1, -0.05) is 54.1 Å². The van der Waals surface area contributed by atoms with Crippen molar-refractivity contribution in [2.45, 2.75) is 11.8 Å². The first kappa shape index (κ1) is 21.4. The number of rotatable bonds is 5. The molecular weight excluding hydrogens is 446 g/mol. The van der Waals surface area contributed by atoms with Crippen LogP contribution in [0.2, 0.25) is 0 Å². The second kappa shape index (κ2) is 8.50. The zero-order chi connectivity index (χ0) is 23.7. The zero-order valence-electron chi connectivity index (χ0n) is 18.2. The number of para-hydroxylation sites is 2. The van der Waals surface area contributed by atoms with Crippen molar-refractivity contribution in [1.82, 2.24) is 9.78 Å². The molecule has 0 amide bonds. The normalized spacial score (nSPS) is 12.1. The van der Waals surface area contributed by atoms with Crippen molar-refractivity contribution < 1.29 is 12.8 Å². The van der Waals surface area contributed by atoms with Gasteiger partial charge in [0, 0.05) is 17.1 Å². The summed E-state index contributed by atoms with van der Waals surface area (Å²) in [6, 6.07) is 27.1. The molecule has 0 N–H and O–H groups in total. The number of hydrogen-bond acceptors (Lipinski definition) is 5. The van der Waals surface area contributed by atoms with Crippen LogP contribution in [0.4, 0.5) is 0 Å². The van der Waals surface area contributed by atoms with Crippen LogP contribution >= 0.6 is 0 Å². The van der Waals surface area contributed by atoms with E-state index in [-0.39, 0.29) is 9.80 Å². The standard InChI is InChI=1S/C27H19N3O3S/c1-19-11-13-23(14-12-19)34(31,32)24(17-28)15-21-18-30(22-8-3-2-4-9-22)29-27(21)26-16-20-7-5-6-10-25(20)33-26/h2-16,18H,1H3/b24-15+. The fourth-order valence-electron chi connectivity index (χ4n) is 3.65. The first-order chi connectivity index (χ1) is 16.5. The highest BCUT2D eigenvalue weighted by atomic mass is 32.2. The van der Waals surface area contributed by atoms with Crippen LogP contribution in [0.3, 0.4) is 0 Å². The zero-order valence-corrected chi connectivity index (χ0v) is 19.0. The second-order valence-electron chi connectivity index (χ2n) is 7.80. The Balaban J connectivity index is 1.69. The van der Waals surface area contributed by atoms with Gasteiger partial charge < -0.3 is 4.42 Å². The molecule has 0 unspecified atom stereocenters. The number of allylic oxidation sites excluding steroid dienone is 1. The molecule has 0 spiro atoms. The summed E-state index contributed by atoms with van der Waals surface area (Å²) in [7, 11) is -4.01. The maximum atomic E-state index is 13.2. The molecule has 0 saturated carbocycles. The summed E-state index contributed by atoms with van der Waals surface area (Å²) in [5, 5.41) is 15.4. The molecule has 0 saturated heterocycles. The number of hydrogen-bond donors (Lipinski definition) is 0. The minimum Gasteiger partial charge on any atom is -0.454 e. The summed E-state index contributed by atoms with van der Waals surface area (Å²) in [5.74, 6) is 0.479. The van der Waals surface area contributed by atoms with E-state index in [1.54, 1.807) is 23.0 Å². The third-order valence-corrected chi connectivity index (χ3v) is 7.12. The molecule has 7 heteroatoms. The Morgan fingerprint density at radius 2 is 1.71 bits per heavy atom. The Labute approximate surface area is 196 Å². The van der Waals surface area contributed by atoms with Crippen LogP contribution in [0, 0.1) is 18.3 Å². The lowest BCUT2D eigenvalue weighted by Gasteiger charge is -2.03. The topological polar surface area (TPSA) is 88.9 Å². The van der Waals surface area contributed by atoms with E-state index in [1.165, 1.54) is 18.2 Å². The summed E-state index contributed by atoms with van der Waals surface area (Å²) in [6.07, 6.45) is 3.05. The van der Waals surface area contributed by atoms with Crippen molar-refractivity contribution >= 4 is 26.9 Å². The number of benzene rings is 3. The summed E-state index contributed by atoms with van der Waals surface area (Å²) < 4.78 is 34.1. The van der Waals surface area contributed by atoms with Crippen molar-refractivity contribution in [3.05, 3.63) is 107 Å². The van der Waals surface area contributed by atoms with Gasteiger partial charge in [0.1, 0.15) is 22.3 Å². The van der Waals surface area contributed by atoms with Crippen molar-refractivity contribution in [2.75, 3.05) is 0 Å². The van der Waals surface area contributed by atoms with E-state index in [1.807, 2.05) is 73.7 Å². The van der Waals surface area contributed by atoms with Crippen LogP contribution < -0.4 is 0 Å². The second-order valence-corrected chi connectivity index (χ2v) is 9.72. The minimum atomic E-state index is -4.01. The van der Waals surface area contributed by atoms with Crippen LogP contribution in [0.1, 0.15) is 11.1 Å². The van der Waals surface area contributed by atoms with Crippen LogP contribution in [0.15, 0.2) is 105 Å².